The normalized spacial score (nSPS) is 34.5. The summed E-state index contributed by atoms with van der Waals surface area (Å²) in [5.74, 6) is 0. The van der Waals surface area contributed by atoms with Crippen molar-refractivity contribution in [2.75, 3.05) is 13.2 Å². The highest BCUT2D eigenvalue weighted by molar-refractivity contribution is 4.64. The molecule has 0 spiro atoms. The van der Waals surface area contributed by atoms with Gasteiger partial charge in [-0.2, -0.15) is 0 Å². The van der Waals surface area contributed by atoms with Crippen LogP contribution >= 0.6 is 0 Å². The van der Waals surface area contributed by atoms with Crippen molar-refractivity contribution < 1.29 is 9.47 Å². The Bertz CT molecular complexity index is 94.8. The maximum absolute atomic E-state index is 5.36. The molecule has 2 saturated heterocycles. The summed E-state index contributed by atoms with van der Waals surface area (Å²) >= 11 is 0. The first-order valence-corrected chi connectivity index (χ1v) is 5.02. The molecule has 2 aliphatic rings. The molecule has 2 fully saturated rings. The van der Waals surface area contributed by atoms with Crippen molar-refractivity contribution in [1.82, 2.24) is 0 Å². The van der Waals surface area contributed by atoms with Gasteiger partial charge in [0.05, 0.1) is 12.2 Å². The number of ether oxygens (including phenoxy) is 2. The molecule has 0 aromatic rings. The molecule has 2 rings (SSSR count). The molecule has 2 nitrogen and oxygen atoms in total. The van der Waals surface area contributed by atoms with Gasteiger partial charge in [-0.05, 0) is 39.5 Å². The minimum atomic E-state index is 0.523. The fraction of sp³-hybridized carbons (Fsp3) is 1.00. The molecule has 2 heteroatoms. The van der Waals surface area contributed by atoms with Crippen LogP contribution in [0.1, 0.15) is 39.5 Å². The van der Waals surface area contributed by atoms with E-state index in [2.05, 4.69) is 13.8 Å². The zero-order valence-electron chi connectivity index (χ0n) is 8.21. The summed E-state index contributed by atoms with van der Waals surface area (Å²) in [7, 11) is 0. The van der Waals surface area contributed by atoms with Crippen LogP contribution < -0.4 is 0 Å². The van der Waals surface area contributed by atoms with E-state index in [9.17, 15) is 0 Å². The molecule has 0 aromatic heterocycles. The third kappa shape index (κ3) is 4.07. The molecule has 2 heterocycles. The smallest absolute Gasteiger partial charge is 0.0551 e. The van der Waals surface area contributed by atoms with E-state index >= 15 is 0 Å². The van der Waals surface area contributed by atoms with E-state index in [4.69, 9.17) is 9.47 Å². The van der Waals surface area contributed by atoms with Gasteiger partial charge in [-0.25, -0.2) is 0 Å². The Balaban J connectivity index is 0.000000127. The molecular weight excluding hydrogens is 152 g/mol. The topological polar surface area (TPSA) is 18.5 Å². The third-order valence-electron chi connectivity index (χ3n) is 2.27. The van der Waals surface area contributed by atoms with Crippen molar-refractivity contribution in [3.63, 3.8) is 0 Å². The van der Waals surface area contributed by atoms with Gasteiger partial charge in [0.2, 0.25) is 0 Å². The first kappa shape index (κ1) is 10.0. The summed E-state index contributed by atoms with van der Waals surface area (Å²) in [6, 6.07) is 0. The van der Waals surface area contributed by atoms with Crippen molar-refractivity contribution in [2.45, 2.75) is 51.7 Å². The van der Waals surface area contributed by atoms with Gasteiger partial charge in [-0.1, -0.05) is 0 Å². The Labute approximate surface area is 75.2 Å². The van der Waals surface area contributed by atoms with Crippen molar-refractivity contribution >= 4 is 0 Å². The van der Waals surface area contributed by atoms with Crippen LogP contribution in [0.15, 0.2) is 0 Å². The summed E-state index contributed by atoms with van der Waals surface area (Å²) in [5, 5.41) is 0. The number of rotatable bonds is 0. The van der Waals surface area contributed by atoms with E-state index in [0.717, 1.165) is 13.2 Å². The Morgan fingerprint density at radius 2 is 1.42 bits per heavy atom. The van der Waals surface area contributed by atoms with E-state index in [1.54, 1.807) is 0 Å². The lowest BCUT2D eigenvalue weighted by Gasteiger charge is -2.01. The summed E-state index contributed by atoms with van der Waals surface area (Å²) in [4.78, 5) is 0. The molecule has 0 bridgehead atoms. The maximum atomic E-state index is 5.36. The summed E-state index contributed by atoms with van der Waals surface area (Å²) in [6.07, 6.45) is 6.10. The first-order chi connectivity index (χ1) is 5.79. The maximum Gasteiger partial charge on any atom is 0.0551 e. The highest BCUT2D eigenvalue weighted by Gasteiger charge is 2.16. The summed E-state index contributed by atoms with van der Waals surface area (Å²) in [5.41, 5.74) is 0. The first-order valence-electron chi connectivity index (χ1n) is 5.02. The van der Waals surface area contributed by atoms with E-state index in [1.807, 2.05) is 0 Å². The van der Waals surface area contributed by atoms with Crippen LogP contribution in [0.3, 0.4) is 0 Å². The van der Waals surface area contributed by atoms with Crippen molar-refractivity contribution in [3.8, 4) is 0 Å². The average Bonchev–Trinajstić information content (AvgIpc) is 2.63. The quantitative estimate of drug-likeness (QED) is 0.558. The largest absolute Gasteiger partial charge is 0.381 e. The molecule has 2 unspecified atom stereocenters. The summed E-state index contributed by atoms with van der Waals surface area (Å²) in [6.45, 7) is 6.26. The third-order valence-corrected chi connectivity index (χ3v) is 2.27. The highest BCUT2D eigenvalue weighted by atomic mass is 16.5. The second-order valence-electron chi connectivity index (χ2n) is 3.65. The van der Waals surface area contributed by atoms with Crippen molar-refractivity contribution in [3.05, 3.63) is 0 Å². The Morgan fingerprint density at radius 3 is 1.58 bits per heavy atom. The molecule has 0 aliphatic carbocycles. The van der Waals surface area contributed by atoms with Crippen LogP contribution in [0.5, 0.6) is 0 Å². The monoisotopic (exact) mass is 172 g/mol. The Kier molecular flexibility index (Phi) is 4.62. The number of hydrogen-bond donors (Lipinski definition) is 0. The van der Waals surface area contributed by atoms with E-state index in [0.29, 0.717) is 12.2 Å². The molecule has 72 valence electrons. The molecule has 0 N–H and O–H groups in total. The Hall–Kier alpha value is -0.0800. The van der Waals surface area contributed by atoms with Crippen LogP contribution in [0.4, 0.5) is 0 Å². The zero-order valence-corrected chi connectivity index (χ0v) is 8.21. The Morgan fingerprint density at radius 1 is 0.917 bits per heavy atom. The molecule has 2 atom stereocenters. The van der Waals surface area contributed by atoms with Crippen LogP contribution in [-0.2, 0) is 9.47 Å². The molecule has 0 amide bonds. The second-order valence-corrected chi connectivity index (χ2v) is 3.65. The molecule has 2 aliphatic heterocycles. The van der Waals surface area contributed by atoms with Gasteiger partial charge in [0.1, 0.15) is 0 Å². The van der Waals surface area contributed by atoms with Crippen LogP contribution in [-0.4, -0.2) is 25.4 Å². The molecule has 0 radical (unpaired) electrons. The zero-order chi connectivity index (χ0) is 8.81. The summed E-state index contributed by atoms with van der Waals surface area (Å²) < 4.78 is 10.3. The van der Waals surface area contributed by atoms with Crippen LogP contribution in [0.2, 0.25) is 0 Å². The van der Waals surface area contributed by atoms with Gasteiger partial charge >= 0.3 is 0 Å². The molecule has 0 aromatic carbocycles. The molecule has 0 saturated carbocycles. The lowest BCUT2D eigenvalue weighted by atomic mass is 10.2. The minimum absolute atomic E-state index is 0.523. The highest BCUT2D eigenvalue weighted by Crippen LogP contribution is 2.17. The van der Waals surface area contributed by atoms with Gasteiger partial charge in [-0.15, -0.1) is 0 Å². The predicted molar refractivity (Wildman–Crippen MR) is 49.3 cm³/mol. The van der Waals surface area contributed by atoms with Crippen molar-refractivity contribution in [2.24, 2.45) is 0 Å². The van der Waals surface area contributed by atoms with Gasteiger partial charge in [0.15, 0.2) is 0 Å². The fourth-order valence-corrected chi connectivity index (χ4v) is 1.51. The lowest BCUT2D eigenvalue weighted by molar-refractivity contribution is 0.0673. The second kappa shape index (κ2) is 5.55. The van der Waals surface area contributed by atoms with Gasteiger partial charge < -0.3 is 9.47 Å². The van der Waals surface area contributed by atoms with Crippen LogP contribution in [0.25, 0.3) is 0 Å². The molecular formula is C10H20O2. The van der Waals surface area contributed by atoms with Crippen LogP contribution in [0, 0.1) is 0 Å². The average molecular weight is 172 g/mol. The standard InChI is InChI=1S/C6H12O.C4H8O/c1-5-3-4-6(2)7-5;1-2-4-5-3-1/h5-6H,3-4H2,1-2H3;1-4H2. The van der Waals surface area contributed by atoms with E-state index in [-0.39, 0.29) is 0 Å². The SMILES string of the molecule is C1CCOC1.CC1CCC(C)O1. The molecule has 12 heavy (non-hydrogen) atoms. The lowest BCUT2D eigenvalue weighted by Crippen LogP contribution is -2.01. The number of hydrogen-bond acceptors (Lipinski definition) is 2. The van der Waals surface area contributed by atoms with E-state index < -0.39 is 0 Å². The van der Waals surface area contributed by atoms with E-state index in [1.165, 1.54) is 25.7 Å². The van der Waals surface area contributed by atoms with Gasteiger partial charge in [0.25, 0.3) is 0 Å². The fourth-order valence-electron chi connectivity index (χ4n) is 1.51. The predicted octanol–water partition coefficient (Wildman–Crippen LogP) is 2.37. The van der Waals surface area contributed by atoms with Gasteiger partial charge in [-0.3, -0.25) is 0 Å². The van der Waals surface area contributed by atoms with Crippen molar-refractivity contribution in [1.29, 1.82) is 0 Å². The van der Waals surface area contributed by atoms with Gasteiger partial charge in [0, 0.05) is 13.2 Å². The minimum Gasteiger partial charge on any atom is -0.381 e.